The highest BCUT2D eigenvalue weighted by Gasteiger charge is 2.20. The summed E-state index contributed by atoms with van der Waals surface area (Å²) in [6.45, 7) is 5.93. The minimum atomic E-state index is -0.441. The average Bonchev–Trinajstić information content (AvgIpc) is 2.69. The van der Waals surface area contributed by atoms with Gasteiger partial charge in [-0.2, -0.15) is 4.98 Å². The van der Waals surface area contributed by atoms with E-state index in [4.69, 9.17) is 9.47 Å². The Morgan fingerprint density at radius 2 is 2.07 bits per heavy atom. The van der Waals surface area contributed by atoms with Crippen LogP contribution in [0.5, 0.6) is 11.6 Å². The molecule has 2 aromatic rings. The Hall–Kier alpha value is -2.65. The van der Waals surface area contributed by atoms with E-state index in [2.05, 4.69) is 30.9 Å². The Bertz CT molecular complexity index is 780. The Morgan fingerprint density at radius 1 is 1.29 bits per heavy atom. The Labute approximate surface area is 164 Å². The summed E-state index contributed by atoms with van der Waals surface area (Å²) >= 11 is 0. The lowest BCUT2D eigenvalue weighted by molar-refractivity contribution is 0.149. The van der Waals surface area contributed by atoms with Gasteiger partial charge in [0, 0.05) is 6.54 Å². The first-order chi connectivity index (χ1) is 13.6. The Morgan fingerprint density at radius 3 is 2.75 bits per heavy atom. The Balaban J connectivity index is 1.75. The third kappa shape index (κ3) is 5.20. The summed E-state index contributed by atoms with van der Waals surface area (Å²) < 4.78 is 11.6. The number of methoxy groups -OCH3 is 1. The standard InChI is InChI=1S/C19H28N6O3/c1-12(26)10-21-16-5-4-15(13(2)24-16)25-18-17(27-3)19(23-11-22-18)28-14-6-8-20-9-7-14/h4-5,11-12,14,20,26H,6-10H2,1-3H3,(H,21,24)(H,22,23,25). The van der Waals surface area contributed by atoms with Crippen molar-refractivity contribution in [1.29, 1.82) is 0 Å². The highest BCUT2D eigenvalue weighted by Crippen LogP contribution is 2.34. The molecular formula is C19H28N6O3. The van der Waals surface area contributed by atoms with Crippen molar-refractivity contribution in [1.82, 2.24) is 20.3 Å². The molecule has 1 fully saturated rings. The summed E-state index contributed by atoms with van der Waals surface area (Å²) in [6, 6.07) is 3.75. The number of hydrogen-bond acceptors (Lipinski definition) is 9. The zero-order chi connectivity index (χ0) is 19.9. The molecule has 9 heteroatoms. The molecule has 0 spiro atoms. The molecule has 1 saturated heterocycles. The van der Waals surface area contributed by atoms with Crippen molar-refractivity contribution in [2.75, 3.05) is 37.4 Å². The molecule has 28 heavy (non-hydrogen) atoms. The molecule has 3 rings (SSSR count). The SMILES string of the molecule is COc1c(Nc2ccc(NCC(C)O)nc2C)ncnc1OC1CCNCC1. The van der Waals surface area contributed by atoms with Gasteiger partial charge in [0.2, 0.25) is 5.75 Å². The zero-order valence-corrected chi connectivity index (χ0v) is 16.5. The molecule has 0 radical (unpaired) electrons. The van der Waals surface area contributed by atoms with Gasteiger partial charge in [0.15, 0.2) is 5.82 Å². The van der Waals surface area contributed by atoms with Crippen molar-refractivity contribution in [3.63, 3.8) is 0 Å². The van der Waals surface area contributed by atoms with Gasteiger partial charge < -0.3 is 30.5 Å². The summed E-state index contributed by atoms with van der Waals surface area (Å²) in [5.41, 5.74) is 1.59. The first kappa shape index (κ1) is 20.1. The van der Waals surface area contributed by atoms with Gasteiger partial charge in [0.1, 0.15) is 18.2 Å². The first-order valence-electron chi connectivity index (χ1n) is 9.49. The van der Waals surface area contributed by atoms with Gasteiger partial charge in [0.05, 0.1) is 24.6 Å². The lowest BCUT2D eigenvalue weighted by atomic mass is 10.1. The first-order valence-corrected chi connectivity index (χ1v) is 9.49. The van der Waals surface area contributed by atoms with Crippen LogP contribution in [0.15, 0.2) is 18.5 Å². The number of aryl methyl sites for hydroxylation is 1. The van der Waals surface area contributed by atoms with Crippen molar-refractivity contribution in [3.05, 3.63) is 24.2 Å². The summed E-state index contributed by atoms with van der Waals surface area (Å²) in [5.74, 6) is 2.13. The predicted molar refractivity (Wildman–Crippen MR) is 108 cm³/mol. The third-order valence-corrected chi connectivity index (χ3v) is 4.46. The van der Waals surface area contributed by atoms with E-state index in [0.717, 1.165) is 37.3 Å². The van der Waals surface area contributed by atoms with Crippen LogP contribution in [-0.2, 0) is 0 Å². The molecule has 0 aliphatic carbocycles. The average molecular weight is 388 g/mol. The van der Waals surface area contributed by atoms with Gasteiger partial charge in [-0.15, -0.1) is 0 Å². The van der Waals surface area contributed by atoms with Crippen molar-refractivity contribution in [2.45, 2.75) is 38.9 Å². The summed E-state index contributed by atoms with van der Waals surface area (Å²) in [7, 11) is 1.58. The third-order valence-electron chi connectivity index (χ3n) is 4.46. The van der Waals surface area contributed by atoms with Gasteiger partial charge >= 0.3 is 0 Å². The summed E-state index contributed by atoms with van der Waals surface area (Å²) in [5, 5.41) is 19.0. The van der Waals surface area contributed by atoms with Crippen LogP contribution in [0.25, 0.3) is 0 Å². The maximum Gasteiger partial charge on any atom is 0.262 e. The molecule has 152 valence electrons. The van der Waals surface area contributed by atoms with Crippen molar-refractivity contribution in [3.8, 4) is 11.6 Å². The number of nitrogens with zero attached hydrogens (tertiary/aromatic N) is 3. The Kier molecular flexibility index (Phi) is 6.83. The second kappa shape index (κ2) is 9.52. The fourth-order valence-electron chi connectivity index (χ4n) is 2.96. The largest absolute Gasteiger partial charge is 0.489 e. The quantitative estimate of drug-likeness (QED) is 0.538. The van der Waals surface area contributed by atoms with E-state index in [1.165, 1.54) is 6.33 Å². The van der Waals surface area contributed by atoms with Gasteiger partial charge in [-0.1, -0.05) is 0 Å². The molecule has 2 aromatic heterocycles. The second-order valence-electron chi connectivity index (χ2n) is 6.81. The van der Waals surface area contributed by atoms with E-state index in [9.17, 15) is 5.11 Å². The molecule has 0 amide bonds. The van der Waals surface area contributed by atoms with E-state index in [-0.39, 0.29) is 6.10 Å². The molecule has 1 aliphatic rings. The van der Waals surface area contributed by atoms with Crippen molar-refractivity contribution in [2.24, 2.45) is 0 Å². The van der Waals surface area contributed by atoms with Crippen LogP contribution in [0.1, 0.15) is 25.5 Å². The number of hydrogen-bond donors (Lipinski definition) is 4. The number of aliphatic hydroxyl groups is 1. The smallest absolute Gasteiger partial charge is 0.262 e. The van der Waals surface area contributed by atoms with Crippen molar-refractivity contribution >= 4 is 17.3 Å². The van der Waals surface area contributed by atoms with Crippen LogP contribution in [0.4, 0.5) is 17.3 Å². The number of rotatable bonds is 8. The molecule has 4 N–H and O–H groups in total. The molecule has 1 unspecified atom stereocenters. The van der Waals surface area contributed by atoms with Crippen LogP contribution in [0, 0.1) is 6.92 Å². The molecular weight excluding hydrogens is 360 g/mol. The lowest BCUT2D eigenvalue weighted by Crippen LogP contribution is -2.34. The zero-order valence-electron chi connectivity index (χ0n) is 16.5. The maximum atomic E-state index is 9.39. The monoisotopic (exact) mass is 388 g/mol. The maximum absolute atomic E-state index is 9.39. The van der Waals surface area contributed by atoms with Crippen molar-refractivity contribution < 1.29 is 14.6 Å². The molecule has 1 aliphatic heterocycles. The minimum Gasteiger partial charge on any atom is -0.489 e. The molecule has 0 saturated carbocycles. The number of aliphatic hydroxyl groups excluding tert-OH is 1. The van der Waals surface area contributed by atoms with Gasteiger partial charge in [-0.05, 0) is 51.9 Å². The number of nitrogens with one attached hydrogen (secondary N) is 3. The van der Waals surface area contributed by atoms with Crippen LogP contribution in [0.2, 0.25) is 0 Å². The van der Waals surface area contributed by atoms with E-state index in [0.29, 0.717) is 29.8 Å². The topological polar surface area (TPSA) is 113 Å². The van der Waals surface area contributed by atoms with Crippen LogP contribution >= 0.6 is 0 Å². The van der Waals surface area contributed by atoms with Gasteiger partial charge in [-0.25, -0.2) is 9.97 Å². The number of ether oxygens (including phenoxy) is 2. The van der Waals surface area contributed by atoms with Gasteiger partial charge in [-0.3, -0.25) is 0 Å². The highest BCUT2D eigenvalue weighted by atomic mass is 16.5. The molecule has 1 atom stereocenters. The van der Waals surface area contributed by atoms with E-state index >= 15 is 0 Å². The van der Waals surface area contributed by atoms with E-state index in [1.54, 1.807) is 14.0 Å². The fourth-order valence-corrected chi connectivity index (χ4v) is 2.96. The molecule has 3 heterocycles. The molecule has 0 bridgehead atoms. The highest BCUT2D eigenvalue weighted by molar-refractivity contribution is 5.67. The van der Waals surface area contributed by atoms with Crippen LogP contribution in [-0.4, -0.2) is 59.0 Å². The normalized spacial score (nSPS) is 15.7. The number of aromatic nitrogens is 3. The molecule has 9 nitrogen and oxygen atoms in total. The fraction of sp³-hybridized carbons (Fsp3) is 0.526. The van der Waals surface area contributed by atoms with Gasteiger partial charge in [0.25, 0.3) is 5.88 Å². The minimum absolute atomic E-state index is 0.112. The predicted octanol–water partition coefficient (Wildman–Crippen LogP) is 1.86. The summed E-state index contributed by atoms with van der Waals surface area (Å²) in [4.78, 5) is 13.1. The molecule has 0 aromatic carbocycles. The summed E-state index contributed by atoms with van der Waals surface area (Å²) in [6.07, 6.45) is 2.99. The van der Waals surface area contributed by atoms with Crippen LogP contribution in [0.3, 0.4) is 0 Å². The van der Waals surface area contributed by atoms with E-state index < -0.39 is 6.10 Å². The van der Waals surface area contributed by atoms with E-state index in [1.807, 2.05) is 19.1 Å². The number of piperidine rings is 1. The lowest BCUT2D eigenvalue weighted by Gasteiger charge is -2.24. The second-order valence-corrected chi connectivity index (χ2v) is 6.81. The van der Waals surface area contributed by atoms with Crippen LogP contribution < -0.4 is 25.4 Å². The number of anilines is 3. The number of pyridine rings is 1.